The highest BCUT2D eigenvalue weighted by Gasteiger charge is 2.63. The van der Waals surface area contributed by atoms with Gasteiger partial charge in [-0.25, -0.2) is 0 Å². The number of carbonyl (C=O) groups is 3. The van der Waals surface area contributed by atoms with E-state index in [4.69, 9.17) is 14.2 Å². The van der Waals surface area contributed by atoms with Crippen LogP contribution in [-0.4, -0.2) is 37.7 Å². The summed E-state index contributed by atoms with van der Waals surface area (Å²) in [5.74, 6) is -3.40. The molecule has 0 unspecified atom stereocenters. The summed E-state index contributed by atoms with van der Waals surface area (Å²) in [6.45, 7) is 5.05. The van der Waals surface area contributed by atoms with Crippen molar-refractivity contribution in [2.45, 2.75) is 46.0 Å². The summed E-state index contributed by atoms with van der Waals surface area (Å²) in [5.41, 5.74) is -0.319. The van der Waals surface area contributed by atoms with E-state index in [2.05, 4.69) is 22.6 Å². The van der Waals surface area contributed by atoms with Crippen molar-refractivity contribution in [1.82, 2.24) is 0 Å². The minimum atomic E-state index is -2.15. The standard InChI is InChI=1S/C20H25IO6/c1-4-25-17(22)20(18(23)26-5-2,19(24)27-6-3)16-9-7-8-13-12-14(21)10-11-15(13)16/h10-12,16H,4-9H2,1-3H3/t16-/m1/s1. The number of benzene rings is 1. The number of carbonyl (C=O) groups excluding carboxylic acids is 3. The predicted molar refractivity (Wildman–Crippen MR) is 107 cm³/mol. The Morgan fingerprint density at radius 3 is 2.00 bits per heavy atom. The first-order valence-electron chi connectivity index (χ1n) is 9.23. The normalized spacial score (nSPS) is 16.2. The average molecular weight is 488 g/mol. The lowest BCUT2D eigenvalue weighted by Gasteiger charge is -2.37. The number of halogens is 1. The highest BCUT2D eigenvalue weighted by Crippen LogP contribution is 2.47. The molecular weight excluding hydrogens is 463 g/mol. The zero-order valence-electron chi connectivity index (χ0n) is 15.9. The van der Waals surface area contributed by atoms with E-state index in [1.54, 1.807) is 20.8 Å². The first kappa shape index (κ1) is 21.7. The summed E-state index contributed by atoms with van der Waals surface area (Å²) in [6, 6.07) is 5.81. The number of hydrogen-bond donors (Lipinski definition) is 0. The molecule has 0 heterocycles. The van der Waals surface area contributed by atoms with Gasteiger partial charge in [-0.2, -0.15) is 0 Å². The van der Waals surface area contributed by atoms with Crippen molar-refractivity contribution in [3.63, 3.8) is 0 Å². The molecule has 1 aliphatic carbocycles. The highest BCUT2D eigenvalue weighted by atomic mass is 127. The van der Waals surface area contributed by atoms with Crippen LogP contribution >= 0.6 is 22.6 Å². The van der Waals surface area contributed by atoms with Gasteiger partial charge in [-0.1, -0.05) is 6.07 Å². The maximum Gasteiger partial charge on any atom is 0.335 e. The lowest BCUT2D eigenvalue weighted by atomic mass is 9.66. The quantitative estimate of drug-likeness (QED) is 0.254. The Labute approximate surface area is 173 Å². The number of hydrogen-bond acceptors (Lipinski definition) is 6. The number of esters is 3. The fraction of sp³-hybridized carbons (Fsp3) is 0.550. The van der Waals surface area contributed by atoms with Gasteiger partial charge >= 0.3 is 17.9 Å². The molecular formula is C20H25IO6. The van der Waals surface area contributed by atoms with E-state index in [-0.39, 0.29) is 19.8 Å². The lowest BCUT2D eigenvalue weighted by Crippen LogP contribution is -2.54. The molecule has 0 aliphatic heterocycles. The molecule has 0 aromatic heterocycles. The van der Waals surface area contributed by atoms with Gasteiger partial charge in [0.2, 0.25) is 0 Å². The first-order chi connectivity index (χ1) is 12.9. The van der Waals surface area contributed by atoms with Crippen LogP contribution < -0.4 is 0 Å². The Morgan fingerprint density at radius 2 is 1.52 bits per heavy atom. The van der Waals surface area contributed by atoms with Gasteiger partial charge in [0.05, 0.1) is 19.8 Å². The van der Waals surface area contributed by atoms with E-state index in [1.807, 2.05) is 18.2 Å². The summed E-state index contributed by atoms with van der Waals surface area (Å²) >= 11 is 2.22. The second kappa shape index (κ2) is 9.52. The summed E-state index contributed by atoms with van der Waals surface area (Å²) in [4.78, 5) is 39.1. The molecule has 0 N–H and O–H groups in total. The molecule has 1 aromatic carbocycles. The minimum Gasteiger partial charge on any atom is -0.465 e. The van der Waals surface area contributed by atoms with Gasteiger partial charge < -0.3 is 14.2 Å². The van der Waals surface area contributed by atoms with Gasteiger partial charge in [0.25, 0.3) is 5.41 Å². The second-order valence-corrected chi connectivity index (χ2v) is 7.50. The molecule has 0 amide bonds. The van der Waals surface area contributed by atoms with Crippen LogP contribution in [0.3, 0.4) is 0 Å². The van der Waals surface area contributed by atoms with E-state index >= 15 is 0 Å². The first-order valence-corrected chi connectivity index (χ1v) is 10.3. The van der Waals surface area contributed by atoms with Crippen molar-refractivity contribution in [1.29, 1.82) is 0 Å². The number of rotatable bonds is 7. The molecule has 148 valence electrons. The molecule has 2 rings (SSSR count). The van der Waals surface area contributed by atoms with Gasteiger partial charge in [0.1, 0.15) is 0 Å². The van der Waals surface area contributed by atoms with Crippen LogP contribution in [0.2, 0.25) is 0 Å². The third kappa shape index (κ3) is 4.12. The van der Waals surface area contributed by atoms with Crippen LogP contribution in [0.5, 0.6) is 0 Å². The number of aryl methyl sites for hydroxylation is 1. The maximum absolute atomic E-state index is 13.0. The van der Waals surface area contributed by atoms with Crippen molar-refractivity contribution in [2.75, 3.05) is 19.8 Å². The molecule has 0 spiro atoms. The van der Waals surface area contributed by atoms with E-state index < -0.39 is 29.2 Å². The topological polar surface area (TPSA) is 78.9 Å². The molecule has 1 aliphatic rings. The summed E-state index contributed by atoms with van der Waals surface area (Å²) in [6.07, 6.45) is 2.06. The van der Waals surface area contributed by atoms with E-state index in [0.717, 1.165) is 27.5 Å². The molecule has 6 nitrogen and oxygen atoms in total. The fourth-order valence-electron chi connectivity index (χ4n) is 3.64. The van der Waals surface area contributed by atoms with Crippen molar-refractivity contribution in [2.24, 2.45) is 5.41 Å². The molecule has 0 bridgehead atoms. The third-order valence-electron chi connectivity index (χ3n) is 4.73. The minimum absolute atomic E-state index is 0.0473. The van der Waals surface area contributed by atoms with E-state index in [9.17, 15) is 14.4 Å². The summed E-state index contributed by atoms with van der Waals surface area (Å²) < 4.78 is 16.6. The Balaban J connectivity index is 2.69. The van der Waals surface area contributed by atoms with Crippen LogP contribution in [0.15, 0.2) is 18.2 Å². The van der Waals surface area contributed by atoms with Crippen LogP contribution in [0, 0.1) is 8.99 Å². The van der Waals surface area contributed by atoms with Crippen molar-refractivity contribution in [3.05, 3.63) is 32.9 Å². The Bertz CT molecular complexity index is 669. The maximum atomic E-state index is 13.0. The smallest absolute Gasteiger partial charge is 0.335 e. The van der Waals surface area contributed by atoms with Crippen molar-refractivity contribution < 1.29 is 28.6 Å². The molecule has 0 fully saturated rings. The Morgan fingerprint density at radius 1 is 1.00 bits per heavy atom. The highest BCUT2D eigenvalue weighted by molar-refractivity contribution is 14.1. The Hall–Kier alpha value is -1.64. The van der Waals surface area contributed by atoms with Crippen LogP contribution in [0.25, 0.3) is 0 Å². The van der Waals surface area contributed by atoms with Gasteiger partial charge in [-0.15, -0.1) is 0 Å². The Kier molecular flexibility index (Phi) is 7.64. The molecule has 1 atom stereocenters. The summed E-state index contributed by atoms with van der Waals surface area (Å²) in [7, 11) is 0. The van der Waals surface area contributed by atoms with Gasteiger partial charge in [-0.3, -0.25) is 14.4 Å². The zero-order valence-corrected chi connectivity index (χ0v) is 18.0. The fourth-order valence-corrected chi connectivity index (χ4v) is 4.20. The summed E-state index contributed by atoms with van der Waals surface area (Å²) in [5, 5.41) is 0. The molecule has 1 aromatic rings. The van der Waals surface area contributed by atoms with Crippen LogP contribution in [0.1, 0.15) is 50.7 Å². The molecule has 27 heavy (non-hydrogen) atoms. The van der Waals surface area contributed by atoms with Crippen LogP contribution in [-0.2, 0) is 35.0 Å². The van der Waals surface area contributed by atoms with Crippen molar-refractivity contribution >= 4 is 40.5 Å². The number of fused-ring (bicyclic) bond motifs is 1. The van der Waals surface area contributed by atoms with Gasteiger partial charge in [-0.05, 0) is 85.9 Å². The average Bonchev–Trinajstić information content (AvgIpc) is 2.63. The SMILES string of the molecule is CCOC(=O)C(C(=O)OCC)(C(=O)OCC)[C@@H]1CCCc2cc(I)ccc21. The van der Waals surface area contributed by atoms with E-state index in [0.29, 0.717) is 6.42 Å². The van der Waals surface area contributed by atoms with Crippen molar-refractivity contribution in [3.8, 4) is 0 Å². The lowest BCUT2D eigenvalue weighted by molar-refractivity contribution is -0.186. The number of ether oxygens (including phenoxy) is 3. The zero-order chi connectivity index (χ0) is 20.0. The van der Waals surface area contributed by atoms with Gasteiger partial charge in [0.15, 0.2) is 0 Å². The van der Waals surface area contributed by atoms with Crippen LogP contribution in [0.4, 0.5) is 0 Å². The third-order valence-corrected chi connectivity index (χ3v) is 5.41. The largest absolute Gasteiger partial charge is 0.465 e. The molecule has 0 saturated heterocycles. The predicted octanol–water partition coefficient (Wildman–Crippen LogP) is 3.39. The molecule has 0 saturated carbocycles. The van der Waals surface area contributed by atoms with Gasteiger partial charge in [0, 0.05) is 9.49 Å². The van der Waals surface area contributed by atoms with E-state index in [1.165, 1.54) is 0 Å². The monoisotopic (exact) mass is 488 g/mol. The molecule has 0 radical (unpaired) electrons. The molecule has 7 heteroatoms. The second-order valence-electron chi connectivity index (χ2n) is 6.26.